The van der Waals surface area contributed by atoms with E-state index in [-0.39, 0.29) is 36.7 Å². The molecule has 2 amide bonds. The molecule has 1 unspecified atom stereocenters. The maximum Gasteiger partial charge on any atom is 0.226 e. The predicted octanol–water partition coefficient (Wildman–Crippen LogP) is 2.66. The molecule has 1 fully saturated rings. The summed E-state index contributed by atoms with van der Waals surface area (Å²) in [6, 6.07) is 5.66. The van der Waals surface area contributed by atoms with Crippen molar-refractivity contribution in [2.45, 2.75) is 38.6 Å². The van der Waals surface area contributed by atoms with Crippen molar-refractivity contribution >= 4 is 41.5 Å². The summed E-state index contributed by atoms with van der Waals surface area (Å²) in [4.78, 5) is 23.6. The van der Waals surface area contributed by atoms with Gasteiger partial charge in [0.05, 0.1) is 0 Å². The fourth-order valence-electron chi connectivity index (χ4n) is 2.50. The van der Waals surface area contributed by atoms with Crippen molar-refractivity contribution in [3.63, 3.8) is 0 Å². The lowest BCUT2D eigenvalue weighted by Gasteiger charge is -2.11. The maximum absolute atomic E-state index is 11.9. The molecule has 0 radical (unpaired) electrons. The molecule has 0 saturated carbocycles. The zero-order valence-electron chi connectivity index (χ0n) is 13.2. The summed E-state index contributed by atoms with van der Waals surface area (Å²) in [5.74, 6) is -0.143. The second-order valence-corrected chi connectivity index (χ2v) is 5.97. The Morgan fingerprint density at radius 3 is 2.83 bits per heavy atom. The van der Waals surface area contributed by atoms with Crippen LogP contribution in [0.1, 0.15) is 31.2 Å². The van der Waals surface area contributed by atoms with Gasteiger partial charge in [-0.2, -0.15) is 0 Å². The average molecular weight is 360 g/mol. The van der Waals surface area contributed by atoms with E-state index in [0.29, 0.717) is 23.7 Å². The van der Waals surface area contributed by atoms with Gasteiger partial charge in [0.25, 0.3) is 0 Å². The number of carbonyl (C=O) groups excluding carboxylic acids is 2. The maximum atomic E-state index is 11.9. The molecule has 5 nitrogen and oxygen atoms in total. The second kappa shape index (κ2) is 9.75. The molecule has 23 heavy (non-hydrogen) atoms. The zero-order chi connectivity index (χ0) is 15.9. The fraction of sp³-hybridized carbons (Fsp3) is 0.500. The Hall–Kier alpha value is -1.30. The van der Waals surface area contributed by atoms with Crippen LogP contribution in [-0.4, -0.2) is 30.9 Å². The fourth-order valence-corrected chi connectivity index (χ4v) is 2.67. The first kappa shape index (κ1) is 19.7. The van der Waals surface area contributed by atoms with E-state index in [1.54, 1.807) is 12.1 Å². The number of benzene rings is 1. The van der Waals surface area contributed by atoms with Crippen LogP contribution >= 0.6 is 24.0 Å². The number of anilines is 1. The van der Waals surface area contributed by atoms with Crippen LogP contribution in [0.5, 0.6) is 0 Å². The molecule has 0 aliphatic carbocycles. The minimum absolute atomic E-state index is 0. The number of rotatable bonds is 6. The molecule has 1 aromatic rings. The van der Waals surface area contributed by atoms with Crippen LogP contribution in [0, 0.1) is 6.92 Å². The number of halogens is 2. The van der Waals surface area contributed by atoms with E-state index in [1.807, 2.05) is 13.0 Å². The van der Waals surface area contributed by atoms with Gasteiger partial charge in [0.2, 0.25) is 11.8 Å². The lowest BCUT2D eigenvalue weighted by atomic mass is 10.1. The molecule has 2 rings (SSSR count). The van der Waals surface area contributed by atoms with Gasteiger partial charge in [-0.05, 0) is 44.0 Å². The summed E-state index contributed by atoms with van der Waals surface area (Å²) in [7, 11) is 0. The molecule has 7 heteroatoms. The van der Waals surface area contributed by atoms with Gasteiger partial charge in [0.1, 0.15) is 0 Å². The Bertz CT molecular complexity index is 546. The van der Waals surface area contributed by atoms with Gasteiger partial charge in [0.15, 0.2) is 0 Å². The average Bonchev–Trinajstić information content (AvgIpc) is 2.96. The van der Waals surface area contributed by atoms with Gasteiger partial charge in [-0.15, -0.1) is 12.4 Å². The highest BCUT2D eigenvalue weighted by Crippen LogP contribution is 2.22. The van der Waals surface area contributed by atoms with E-state index >= 15 is 0 Å². The third kappa shape index (κ3) is 6.37. The van der Waals surface area contributed by atoms with Crippen LogP contribution in [0.4, 0.5) is 5.69 Å². The summed E-state index contributed by atoms with van der Waals surface area (Å²) in [6.07, 6.45) is 2.89. The summed E-state index contributed by atoms with van der Waals surface area (Å²) < 4.78 is 0. The van der Waals surface area contributed by atoms with Crippen molar-refractivity contribution < 1.29 is 9.59 Å². The van der Waals surface area contributed by atoms with Crippen LogP contribution in [0.2, 0.25) is 5.02 Å². The van der Waals surface area contributed by atoms with E-state index < -0.39 is 0 Å². The molecule has 3 N–H and O–H groups in total. The molecule has 1 heterocycles. The Labute approximate surface area is 148 Å². The number of nitrogens with one attached hydrogen (secondary N) is 3. The predicted molar refractivity (Wildman–Crippen MR) is 95.3 cm³/mol. The van der Waals surface area contributed by atoms with Crippen LogP contribution in [0.15, 0.2) is 18.2 Å². The van der Waals surface area contributed by atoms with E-state index in [1.165, 1.54) is 0 Å². The van der Waals surface area contributed by atoms with Gasteiger partial charge in [0, 0.05) is 36.1 Å². The molecular weight excluding hydrogens is 337 g/mol. The van der Waals surface area contributed by atoms with Crippen molar-refractivity contribution in [3.05, 3.63) is 28.8 Å². The molecule has 1 saturated heterocycles. The standard InChI is InChI=1S/C16H22ClN3O2.ClH/c1-11-13(17)5-2-6-14(11)20-15(21)7-9-19-16(22)10-12-4-3-8-18-12;/h2,5-6,12,18H,3-4,7-10H2,1H3,(H,19,22)(H,20,21);1H. The number of amides is 2. The van der Waals surface area contributed by atoms with Gasteiger partial charge in [-0.3, -0.25) is 9.59 Å². The van der Waals surface area contributed by atoms with E-state index in [0.717, 1.165) is 24.9 Å². The summed E-state index contributed by atoms with van der Waals surface area (Å²) >= 11 is 6.01. The molecule has 1 aromatic carbocycles. The Balaban J connectivity index is 0.00000264. The quantitative estimate of drug-likeness (QED) is 0.731. The number of hydrogen-bond acceptors (Lipinski definition) is 3. The van der Waals surface area contributed by atoms with Crippen molar-refractivity contribution in [1.29, 1.82) is 0 Å². The Kier molecular flexibility index (Phi) is 8.37. The molecule has 1 atom stereocenters. The minimum Gasteiger partial charge on any atom is -0.356 e. The van der Waals surface area contributed by atoms with Crippen LogP contribution in [0.3, 0.4) is 0 Å². The third-order valence-electron chi connectivity index (χ3n) is 3.81. The first-order chi connectivity index (χ1) is 10.6. The smallest absolute Gasteiger partial charge is 0.226 e. The Morgan fingerprint density at radius 2 is 2.13 bits per heavy atom. The molecule has 1 aliphatic rings. The highest BCUT2D eigenvalue weighted by molar-refractivity contribution is 6.31. The van der Waals surface area contributed by atoms with E-state index in [2.05, 4.69) is 16.0 Å². The van der Waals surface area contributed by atoms with Crippen LogP contribution < -0.4 is 16.0 Å². The van der Waals surface area contributed by atoms with Crippen molar-refractivity contribution in [2.24, 2.45) is 0 Å². The summed E-state index contributed by atoms with van der Waals surface area (Å²) in [5.41, 5.74) is 1.55. The molecule has 0 bridgehead atoms. The van der Waals surface area contributed by atoms with Crippen molar-refractivity contribution in [3.8, 4) is 0 Å². The molecule has 1 aliphatic heterocycles. The monoisotopic (exact) mass is 359 g/mol. The van der Waals surface area contributed by atoms with Crippen LogP contribution in [-0.2, 0) is 9.59 Å². The lowest BCUT2D eigenvalue weighted by Crippen LogP contribution is -2.33. The van der Waals surface area contributed by atoms with Gasteiger partial charge in [-0.25, -0.2) is 0 Å². The van der Waals surface area contributed by atoms with Gasteiger partial charge < -0.3 is 16.0 Å². The molecule has 128 valence electrons. The highest BCUT2D eigenvalue weighted by Gasteiger charge is 2.17. The zero-order valence-corrected chi connectivity index (χ0v) is 14.7. The largest absolute Gasteiger partial charge is 0.356 e. The summed E-state index contributed by atoms with van der Waals surface area (Å²) in [5, 5.41) is 9.50. The molecule has 0 aromatic heterocycles. The number of carbonyl (C=O) groups is 2. The van der Waals surface area contributed by atoms with E-state index in [4.69, 9.17) is 11.6 Å². The Morgan fingerprint density at radius 1 is 1.35 bits per heavy atom. The van der Waals surface area contributed by atoms with Gasteiger partial charge >= 0.3 is 0 Å². The molecule has 0 spiro atoms. The van der Waals surface area contributed by atoms with Crippen LogP contribution in [0.25, 0.3) is 0 Å². The summed E-state index contributed by atoms with van der Waals surface area (Å²) in [6.45, 7) is 3.19. The first-order valence-electron chi connectivity index (χ1n) is 7.61. The minimum atomic E-state index is -0.135. The third-order valence-corrected chi connectivity index (χ3v) is 4.22. The van der Waals surface area contributed by atoms with Crippen molar-refractivity contribution in [1.82, 2.24) is 10.6 Å². The SMILES string of the molecule is Cc1c(Cl)cccc1NC(=O)CCNC(=O)CC1CCCN1.Cl. The first-order valence-corrected chi connectivity index (χ1v) is 7.99. The van der Waals surface area contributed by atoms with Gasteiger partial charge in [-0.1, -0.05) is 17.7 Å². The topological polar surface area (TPSA) is 70.2 Å². The number of hydrogen-bond donors (Lipinski definition) is 3. The normalized spacial score (nSPS) is 16.5. The second-order valence-electron chi connectivity index (χ2n) is 5.56. The van der Waals surface area contributed by atoms with Crippen molar-refractivity contribution in [2.75, 3.05) is 18.4 Å². The van der Waals surface area contributed by atoms with E-state index in [9.17, 15) is 9.59 Å². The lowest BCUT2D eigenvalue weighted by molar-refractivity contribution is -0.121. The highest BCUT2D eigenvalue weighted by atomic mass is 35.5. The molecular formula is C16H23Cl2N3O2.